The number of cyclic esters (lactones) is 1. The van der Waals surface area contributed by atoms with Gasteiger partial charge in [0.05, 0.1) is 18.4 Å². The van der Waals surface area contributed by atoms with E-state index in [9.17, 15) is 4.79 Å². The molecule has 2 heterocycles. The Morgan fingerprint density at radius 2 is 2.38 bits per heavy atom. The van der Waals surface area contributed by atoms with Gasteiger partial charge < -0.3 is 9.15 Å². The van der Waals surface area contributed by atoms with Crippen LogP contribution in [0, 0.1) is 11.3 Å². The minimum Gasteiger partial charge on any atom is -0.472 e. The van der Waals surface area contributed by atoms with Crippen LogP contribution in [0.25, 0.3) is 0 Å². The van der Waals surface area contributed by atoms with Crippen LogP contribution in [0.2, 0.25) is 0 Å². The zero-order valence-electron chi connectivity index (χ0n) is 9.18. The third-order valence-electron chi connectivity index (χ3n) is 3.82. The number of allylic oxidation sites excluding steroid dienone is 1. The van der Waals surface area contributed by atoms with Crippen LogP contribution < -0.4 is 0 Å². The summed E-state index contributed by atoms with van der Waals surface area (Å²) < 4.78 is 10.6. The second kappa shape index (κ2) is 3.24. The minimum absolute atomic E-state index is 0.0962. The Labute approximate surface area is 94.1 Å². The number of rotatable bonds is 1. The first-order valence-corrected chi connectivity index (χ1v) is 5.61. The molecular weight excluding hydrogens is 204 g/mol. The highest BCUT2D eigenvalue weighted by molar-refractivity contribution is 5.78. The zero-order valence-corrected chi connectivity index (χ0v) is 9.18. The number of esters is 1. The van der Waals surface area contributed by atoms with Crippen LogP contribution in [0.5, 0.6) is 0 Å². The number of fused-ring (bicyclic) bond motifs is 1. The van der Waals surface area contributed by atoms with E-state index in [1.807, 2.05) is 12.1 Å². The molecule has 0 radical (unpaired) electrons. The predicted molar refractivity (Wildman–Crippen MR) is 57.5 cm³/mol. The van der Waals surface area contributed by atoms with Crippen LogP contribution in [-0.4, -0.2) is 5.97 Å². The van der Waals surface area contributed by atoms with Gasteiger partial charge in [-0.15, -0.1) is 0 Å². The lowest BCUT2D eigenvalue weighted by molar-refractivity contribution is -0.143. The van der Waals surface area contributed by atoms with E-state index >= 15 is 0 Å². The average Bonchev–Trinajstić information content (AvgIpc) is 2.85. The largest absolute Gasteiger partial charge is 0.472 e. The number of ether oxygens (including phenoxy) is 1. The normalized spacial score (nSPS) is 37.2. The van der Waals surface area contributed by atoms with Gasteiger partial charge in [-0.25, -0.2) is 0 Å². The quantitative estimate of drug-likeness (QED) is 0.537. The van der Waals surface area contributed by atoms with Crippen LogP contribution in [0.15, 0.2) is 35.2 Å². The molecule has 16 heavy (non-hydrogen) atoms. The molecule has 1 unspecified atom stereocenters. The molecule has 3 atom stereocenters. The summed E-state index contributed by atoms with van der Waals surface area (Å²) in [6.45, 7) is 2.13. The summed E-state index contributed by atoms with van der Waals surface area (Å²) in [5.41, 5.74) is 0.851. The van der Waals surface area contributed by atoms with E-state index in [2.05, 4.69) is 13.0 Å². The maximum absolute atomic E-state index is 11.8. The van der Waals surface area contributed by atoms with Crippen molar-refractivity contribution < 1.29 is 13.9 Å². The van der Waals surface area contributed by atoms with Gasteiger partial charge in [0, 0.05) is 11.0 Å². The van der Waals surface area contributed by atoms with Crippen LogP contribution in [-0.2, 0) is 9.53 Å². The van der Waals surface area contributed by atoms with Gasteiger partial charge in [0.25, 0.3) is 0 Å². The van der Waals surface area contributed by atoms with Crippen molar-refractivity contribution in [3.05, 3.63) is 36.3 Å². The van der Waals surface area contributed by atoms with Gasteiger partial charge in [-0.2, -0.15) is 0 Å². The molecule has 1 aromatic rings. The highest BCUT2D eigenvalue weighted by Gasteiger charge is 2.54. The third-order valence-corrected chi connectivity index (χ3v) is 3.82. The summed E-state index contributed by atoms with van der Waals surface area (Å²) in [5.74, 6) is -0.203. The Hall–Kier alpha value is -1.51. The topological polar surface area (TPSA) is 39.4 Å². The molecule has 0 amide bonds. The first kappa shape index (κ1) is 9.70. The fraction of sp³-hybridized carbons (Fsp3) is 0.462. The van der Waals surface area contributed by atoms with Crippen LogP contribution in [0.4, 0.5) is 0 Å². The first-order chi connectivity index (χ1) is 7.72. The summed E-state index contributed by atoms with van der Waals surface area (Å²) in [6.07, 6.45) is 9.20. The predicted octanol–water partition coefficient (Wildman–Crippen LogP) is 2.85. The second-order valence-corrected chi connectivity index (χ2v) is 4.82. The average molecular weight is 218 g/mol. The molecule has 0 bridgehead atoms. The van der Waals surface area contributed by atoms with Gasteiger partial charge in [-0.05, 0) is 18.9 Å². The van der Waals surface area contributed by atoms with Crippen LogP contribution in [0.3, 0.4) is 0 Å². The fourth-order valence-corrected chi connectivity index (χ4v) is 2.84. The summed E-state index contributed by atoms with van der Waals surface area (Å²) in [7, 11) is 0. The molecule has 3 heteroatoms. The Morgan fingerprint density at radius 3 is 3.12 bits per heavy atom. The molecule has 1 aliphatic heterocycles. The summed E-state index contributed by atoms with van der Waals surface area (Å²) >= 11 is 0. The number of hydrogen-bond acceptors (Lipinski definition) is 3. The molecule has 0 spiro atoms. The summed E-state index contributed by atoms with van der Waals surface area (Å²) in [4.78, 5) is 11.8. The minimum atomic E-state index is -0.159. The molecule has 0 saturated carbocycles. The Morgan fingerprint density at radius 1 is 1.50 bits per heavy atom. The van der Waals surface area contributed by atoms with E-state index in [-0.39, 0.29) is 23.4 Å². The number of hydrogen-bond donors (Lipinski definition) is 0. The van der Waals surface area contributed by atoms with E-state index in [4.69, 9.17) is 9.15 Å². The molecule has 2 aliphatic rings. The lowest BCUT2D eigenvalue weighted by atomic mass is 9.68. The lowest BCUT2D eigenvalue weighted by Crippen LogP contribution is -2.30. The van der Waals surface area contributed by atoms with Gasteiger partial charge in [0.15, 0.2) is 0 Å². The maximum Gasteiger partial charge on any atom is 0.314 e. The Bertz CT molecular complexity index is 432. The van der Waals surface area contributed by atoms with Crippen LogP contribution >= 0.6 is 0 Å². The van der Waals surface area contributed by atoms with Crippen molar-refractivity contribution in [2.24, 2.45) is 11.3 Å². The van der Waals surface area contributed by atoms with Gasteiger partial charge in [-0.3, -0.25) is 4.79 Å². The molecule has 1 aromatic heterocycles. The van der Waals surface area contributed by atoms with E-state index < -0.39 is 0 Å². The number of carbonyl (C=O) groups excluding carboxylic acids is 1. The van der Waals surface area contributed by atoms with E-state index in [0.717, 1.165) is 18.4 Å². The highest BCUT2D eigenvalue weighted by Crippen LogP contribution is 2.54. The van der Waals surface area contributed by atoms with Gasteiger partial charge in [0.1, 0.15) is 6.10 Å². The third kappa shape index (κ3) is 1.17. The summed E-state index contributed by atoms with van der Waals surface area (Å²) in [6, 6.07) is 1.88. The molecule has 1 aliphatic carbocycles. The smallest absolute Gasteiger partial charge is 0.314 e. The van der Waals surface area contributed by atoms with Gasteiger partial charge in [-0.1, -0.05) is 19.1 Å². The Kier molecular flexibility index (Phi) is 1.96. The van der Waals surface area contributed by atoms with Gasteiger partial charge >= 0.3 is 5.97 Å². The monoisotopic (exact) mass is 218 g/mol. The zero-order chi connectivity index (χ0) is 11.2. The van der Waals surface area contributed by atoms with Crippen molar-refractivity contribution in [3.8, 4) is 0 Å². The highest BCUT2D eigenvalue weighted by atomic mass is 16.6. The van der Waals surface area contributed by atoms with Crippen molar-refractivity contribution in [3.63, 3.8) is 0 Å². The molecule has 84 valence electrons. The molecule has 1 saturated heterocycles. The lowest BCUT2D eigenvalue weighted by Gasteiger charge is -2.33. The Balaban J connectivity index is 2.03. The maximum atomic E-state index is 11.8. The van der Waals surface area contributed by atoms with Crippen LogP contribution in [0.1, 0.15) is 31.4 Å². The van der Waals surface area contributed by atoms with Crippen molar-refractivity contribution in [1.82, 2.24) is 0 Å². The number of carbonyl (C=O) groups is 1. The van der Waals surface area contributed by atoms with Crippen molar-refractivity contribution >= 4 is 5.97 Å². The molecule has 3 nitrogen and oxygen atoms in total. The molecular formula is C13H14O3. The first-order valence-electron chi connectivity index (χ1n) is 5.61. The standard InChI is InChI=1S/C13H14O3/c1-13-6-3-2-4-10(13)12(14)16-11(13)9-5-7-15-8-9/h2,4-5,7-8,10-11H,3,6H2,1H3/t10-,11?,13-/m1/s1. The van der Waals surface area contributed by atoms with E-state index in [1.165, 1.54) is 0 Å². The van der Waals surface area contributed by atoms with Crippen molar-refractivity contribution in [1.29, 1.82) is 0 Å². The molecule has 0 N–H and O–H groups in total. The molecule has 0 aromatic carbocycles. The van der Waals surface area contributed by atoms with E-state index in [0.29, 0.717) is 0 Å². The molecule has 3 rings (SSSR count). The van der Waals surface area contributed by atoms with Crippen molar-refractivity contribution in [2.75, 3.05) is 0 Å². The SMILES string of the molecule is C[C@@]12CCC=C[C@@H]1C(=O)OC2c1ccoc1. The van der Waals surface area contributed by atoms with E-state index in [1.54, 1.807) is 12.5 Å². The number of furan rings is 1. The van der Waals surface area contributed by atoms with Gasteiger partial charge in [0.2, 0.25) is 0 Å². The van der Waals surface area contributed by atoms with Crippen molar-refractivity contribution in [2.45, 2.75) is 25.9 Å². The fourth-order valence-electron chi connectivity index (χ4n) is 2.84. The summed E-state index contributed by atoms with van der Waals surface area (Å²) in [5, 5.41) is 0. The second-order valence-electron chi connectivity index (χ2n) is 4.82. The molecule has 1 fully saturated rings.